The van der Waals surface area contributed by atoms with Gasteiger partial charge in [0.1, 0.15) is 0 Å². The molecule has 0 aromatic heterocycles. The summed E-state index contributed by atoms with van der Waals surface area (Å²) in [7, 11) is 1.35. The molecule has 2 aliphatic rings. The summed E-state index contributed by atoms with van der Waals surface area (Å²) in [4.78, 5) is 26.0. The molecular formula is C24H38N4O3. The van der Waals surface area contributed by atoms with E-state index in [0.717, 1.165) is 29.8 Å². The van der Waals surface area contributed by atoms with Crippen molar-refractivity contribution in [1.82, 2.24) is 5.01 Å². The maximum atomic E-state index is 12.2. The first-order chi connectivity index (χ1) is 14.8. The first-order valence-corrected chi connectivity index (χ1v) is 11.3. The number of allylic oxidation sites excluding steroid dienone is 1. The SMILES string of the molecule is CC.COC(=O)c1ccc2c(c1)C(N(N)/C=C(\N)C1CCCCC1)C(C)CN2C(C)=O. The van der Waals surface area contributed by atoms with Gasteiger partial charge < -0.3 is 20.4 Å². The molecule has 1 aromatic carbocycles. The van der Waals surface area contributed by atoms with Crippen LogP contribution in [0, 0.1) is 11.8 Å². The monoisotopic (exact) mass is 430 g/mol. The van der Waals surface area contributed by atoms with E-state index in [4.69, 9.17) is 16.3 Å². The fourth-order valence-corrected chi connectivity index (χ4v) is 4.62. The highest BCUT2D eigenvalue weighted by molar-refractivity contribution is 5.95. The van der Waals surface area contributed by atoms with Crippen LogP contribution in [0.4, 0.5) is 5.69 Å². The predicted octanol–water partition coefficient (Wildman–Crippen LogP) is 4.10. The van der Waals surface area contributed by atoms with E-state index in [0.29, 0.717) is 18.0 Å². The fraction of sp³-hybridized carbons (Fsp3) is 0.583. The van der Waals surface area contributed by atoms with Gasteiger partial charge in [-0.2, -0.15) is 0 Å². The van der Waals surface area contributed by atoms with Gasteiger partial charge in [-0.05, 0) is 37.0 Å². The normalized spacial score (nSPS) is 21.5. The summed E-state index contributed by atoms with van der Waals surface area (Å²) in [6, 6.07) is 5.06. The molecule has 2 atom stereocenters. The van der Waals surface area contributed by atoms with Crippen molar-refractivity contribution >= 4 is 17.6 Å². The van der Waals surface area contributed by atoms with Gasteiger partial charge in [0, 0.05) is 42.5 Å². The summed E-state index contributed by atoms with van der Waals surface area (Å²) in [5, 5.41) is 1.66. The highest BCUT2D eigenvalue weighted by Crippen LogP contribution is 2.41. The molecule has 2 unspecified atom stereocenters. The van der Waals surface area contributed by atoms with Crippen LogP contribution >= 0.6 is 0 Å². The number of esters is 1. The first-order valence-electron chi connectivity index (χ1n) is 11.3. The molecule has 0 radical (unpaired) electrons. The zero-order chi connectivity index (χ0) is 23.1. The molecule has 1 aromatic rings. The van der Waals surface area contributed by atoms with E-state index in [-0.39, 0.29) is 17.9 Å². The Morgan fingerprint density at radius 2 is 1.84 bits per heavy atom. The van der Waals surface area contributed by atoms with Gasteiger partial charge in [-0.25, -0.2) is 10.6 Å². The van der Waals surface area contributed by atoms with Crippen molar-refractivity contribution in [3.8, 4) is 0 Å². The second-order valence-electron chi connectivity index (χ2n) is 8.23. The number of anilines is 1. The first kappa shape index (κ1) is 24.7. The number of fused-ring (bicyclic) bond motifs is 1. The van der Waals surface area contributed by atoms with E-state index < -0.39 is 5.97 Å². The molecule has 4 N–H and O–H groups in total. The third kappa shape index (κ3) is 5.58. The molecule has 31 heavy (non-hydrogen) atoms. The molecule has 1 amide bonds. The van der Waals surface area contributed by atoms with Crippen LogP contribution < -0.4 is 16.5 Å². The number of hydrogen-bond donors (Lipinski definition) is 2. The van der Waals surface area contributed by atoms with Crippen LogP contribution in [0.2, 0.25) is 0 Å². The van der Waals surface area contributed by atoms with Crippen molar-refractivity contribution in [1.29, 1.82) is 0 Å². The Kier molecular flexibility index (Phi) is 8.92. The molecule has 1 aliphatic heterocycles. The van der Waals surface area contributed by atoms with Gasteiger partial charge in [0.2, 0.25) is 5.91 Å². The van der Waals surface area contributed by atoms with E-state index in [2.05, 4.69) is 6.92 Å². The molecule has 0 spiro atoms. The Balaban J connectivity index is 0.00000166. The Hall–Kier alpha value is -2.54. The van der Waals surface area contributed by atoms with Crippen LogP contribution in [-0.2, 0) is 9.53 Å². The van der Waals surface area contributed by atoms with Crippen LogP contribution in [0.1, 0.15) is 81.8 Å². The molecular weight excluding hydrogens is 392 g/mol. The molecule has 1 saturated carbocycles. The maximum Gasteiger partial charge on any atom is 0.337 e. The smallest absolute Gasteiger partial charge is 0.337 e. The van der Waals surface area contributed by atoms with Crippen molar-refractivity contribution in [3.05, 3.63) is 41.2 Å². The largest absolute Gasteiger partial charge is 0.465 e. The Labute approximate surface area is 186 Å². The number of nitrogens with zero attached hydrogens (tertiary/aromatic N) is 2. The second kappa shape index (κ2) is 11.2. The molecule has 7 nitrogen and oxygen atoms in total. The highest BCUT2D eigenvalue weighted by atomic mass is 16.5. The molecule has 1 aliphatic carbocycles. The van der Waals surface area contributed by atoms with E-state index >= 15 is 0 Å². The lowest BCUT2D eigenvalue weighted by atomic mass is 9.85. The topological polar surface area (TPSA) is 102 Å². The quantitative estimate of drug-likeness (QED) is 0.424. The molecule has 172 valence electrons. The van der Waals surface area contributed by atoms with Crippen molar-refractivity contribution < 1.29 is 14.3 Å². The van der Waals surface area contributed by atoms with Crippen LogP contribution in [0.5, 0.6) is 0 Å². The minimum atomic E-state index is -0.417. The average Bonchev–Trinajstić information content (AvgIpc) is 2.79. The summed E-state index contributed by atoms with van der Waals surface area (Å²) in [5.74, 6) is 6.46. The van der Waals surface area contributed by atoms with Crippen LogP contribution in [0.3, 0.4) is 0 Å². The number of benzene rings is 1. The number of carbonyl (C=O) groups excluding carboxylic acids is 2. The zero-order valence-corrected chi connectivity index (χ0v) is 19.6. The number of ether oxygens (including phenoxy) is 1. The van der Waals surface area contributed by atoms with Crippen molar-refractivity contribution in [2.24, 2.45) is 23.4 Å². The number of hydrogen-bond acceptors (Lipinski definition) is 6. The van der Waals surface area contributed by atoms with Gasteiger partial charge >= 0.3 is 5.97 Å². The van der Waals surface area contributed by atoms with Crippen molar-refractivity contribution in [2.75, 3.05) is 18.6 Å². The summed E-state index contributed by atoms with van der Waals surface area (Å²) in [5.41, 5.74) is 9.24. The van der Waals surface area contributed by atoms with Crippen LogP contribution in [0.15, 0.2) is 30.1 Å². The van der Waals surface area contributed by atoms with Crippen LogP contribution in [0.25, 0.3) is 0 Å². The molecule has 1 fully saturated rings. The number of nitrogens with two attached hydrogens (primary N) is 2. The molecule has 1 heterocycles. The lowest BCUT2D eigenvalue weighted by Crippen LogP contribution is -2.46. The number of amides is 1. The van der Waals surface area contributed by atoms with E-state index in [9.17, 15) is 9.59 Å². The standard InChI is InChI=1S/C22H32N4O3.C2H6/c1-14-12-25(15(2)27)20-10-9-17(22(28)29-3)11-18(20)21(14)26(24)13-19(23)16-7-5-4-6-8-16;1-2/h9-11,13-14,16,21H,4-8,12,23-24H2,1-3H3;1-2H3/b19-13-;. The van der Waals surface area contributed by atoms with Gasteiger partial charge in [-0.15, -0.1) is 0 Å². The van der Waals surface area contributed by atoms with Gasteiger partial charge in [-0.1, -0.05) is 40.0 Å². The second-order valence-corrected chi connectivity index (χ2v) is 8.23. The maximum absolute atomic E-state index is 12.2. The van der Waals surface area contributed by atoms with E-state index in [1.807, 2.05) is 20.0 Å². The van der Waals surface area contributed by atoms with Gasteiger partial charge in [0.05, 0.1) is 18.7 Å². The summed E-state index contributed by atoms with van der Waals surface area (Å²) >= 11 is 0. The summed E-state index contributed by atoms with van der Waals surface area (Å²) in [6.45, 7) is 8.15. The number of carbonyl (C=O) groups is 2. The van der Waals surface area contributed by atoms with Gasteiger partial charge in [0.15, 0.2) is 0 Å². The van der Waals surface area contributed by atoms with E-state index in [1.54, 1.807) is 35.0 Å². The lowest BCUT2D eigenvalue weighted by Gasteiger charge is -2.42. The van der Waals surface area contributed by atoms with Gasteiger partial charge in [0.25, 0.3) is 0 Å². The Morgan fingerprint density at radius 1 is 1.19 bits per heavy atom. The molecule has 0 saturated heterocycles. The minimum Gasteiger partial charge on any atom is -0.465 e. The minimum absolute atomic E-state index is 0.0387. The summed E-state index contributed by atoms with van der Waals surface area (Å²) in [6.07, 6.45) is 7.69. The molecule has 0 bridgehead atoms. The fourth-order valence-electron chi connectivity index (χ4n) is 4.62. The average molecular weight is 431 g/mol. The Bertz CT molecular complexity index is 802. The van der Waals surface area contributed by atoms with Crippen LogP contribution in [-0.4, -0.2) is 30.5 Å². The van der Waals surface area contributed by atoms with Gasteiger partial charge in [-0.3, -0.25) is 4.79 Å². The predicted molar refractivity (Wildman–Crippen MR) is 124 cm³/mol. The van der Waals surface area contributed by atoms with E-state index in [1.165, 1.54) is 26.4 Å². The van der Waals surface area contributed by atoms with Crippen molar-refractivity contribution in [3.63, 3.8) is 0 Å². The molecule has 3 rings (SSSR count). The zero-order valence-electron chi connectivity index (χ0n) is 19.6. The third-order valence-electron chi connectivity index (χ3n) is 6.14. The number of rotatable bonds is 4. The lowest BCUT2D eigenvalue weighted by molar-refractivity contribution is -0.116. The number of hydrazine groups is 1. The Morgan fingerprint density at radius 3 is 2.42 bits per heavy atom. The third-order valence-corrected chi connectivity index (χ3v) is 6.14. The summed E-state index contributed by atoms with van der Waals surface area (Å²) < 4.78 is 4.87. The highest BCUT2D eigenvalue weighted by Gasteiger charge is 2.35. The number of methoxy groups -OCH3 is 1. The molecule has 7 heteroatoms. The van der Waals surface area contributed by atoms with Crippen molar-refractivity contribution in [2.45, 2.75) is 65.8 Å².